The van der Waals surface area contributed by atoms with Crippen molar-refractivity contribution in [2.75, 3.05) is 13.1 Å². The molecule has 1 aliphatic rings. The van der Waals surface area contributed by atoms with E-state index >= 15 is 0 Å². The zero-order valence-electron chi connectivity index (χ0n) is 15.9. The lowest BCUT2D eigenvalue weighted by atomic mass is 10.1. The van der Waals surface area contributed by atoms with Crippen molar-refractivity contribution in [1.29, 1.82) is 0 Å². The van der Waals surface area contributed by atoms with Gasteiger partial charge in [-0.25, -0.2) is 16.8 Å². The number of benzene rings is 1. The Kier molecular flexibility index (Phi) is 5.17. The maximum absolute atomic E-state index is 13.1. The predicted molar refractivity (Wildman–Crippen MR) is 101 cm³/mol. The highest BCUT2D eigenvalue weighted by Gasteiger charge is 2.38. The van der Waals surface area contributed by atoms with E-state index in [0.717, 1.165) is 5.56 Å². The third kappa shape index (κ3) is 3.53. The molecule has 0 atom stereocenters. The number of piperidine rings is 1. The summed E-state index contributed by atoms with van der Waals surface area (Å²) >= 11 is 0. The van der Waals surface area contributed by atoms with Crippen LogP contribution in [-0.4, -0.2) is 54.2 Å². The van der Waals surface area contributed by atoms with Gasteiger partial charge in [-0.3, -0.25) is 0 Å². The van der Waals surface area contributed by atoms with Gasteiger partial charge < -0.3 is 4.57 Å². The van der Waals surface area contributed by atoms with Crippen molar-refractivity contribution in [1.82, 2.24) is 19.1 Å². The maximum Gasteiger partial charge on any atom is 0.249 e. The molecule has 0 unspecified atom stereocenters. The molecule has 1 aromatic carbocycles. The predicted octanol–water partition coefficient (Wildman–Crippen LogP) is 1.37. The first-order chi connectivity index (χ1) is 12.5. The Labute approximate surface area is 160 Å². The van der Waals surface area contributed by atoms with Crippen LogP contribution >= 0.6 is 0 Å². The number of sulfonamides is 1. The van der Waals surface area contributed by atoms with Crippen molar-refractivity contribution in [3.63, 3.8) is 0 Å². The van der Waals surface area contributed by atoms with Crippen molar-refractivity contribution in [3.8, 4) is 0 Å². The van der Waals surface area contributed by atoms with E-state index in [4.69, 9.17) is 0 Å². The molecule has 0 radical (unpaired) electrons. The molecule has 0 bridgehead atoms. The number of hydrogen-bond acceptors (Lipinski definition) is 6. The lowest BCUT2D eigenvalue weighted by Crippen LogP contribution is -2.43. The zero-order valence-corrected chi connectivity index (χ0v) is 17.5. The van der Waals surface area contributed by atoms with Gasteiger partial charge in [-0.2, -0.15) is 4.31 Å². The fourth-order valence-electron chi connectivity index (χ4n) is 3.76. The minimum absolute atomic E-state index is 0.0750. The minimum Gasteiger partial charge on any atom is -0.308 e. The average molecular weight is 413 g/mol. The molecule has 1 saturated heterocycles. The highest BCUT2D eigenvalue weighted by atomic mass is 32.2. The molecule has 0 spiro atoms. The molecule has 8 nitrogen and oxygen atoms in total. The van der Waals surface area contributed by atoms with Crippen LogP contribution in [0.5, 0.6) is 0 Å². The quantitative estimate of drug-likeness (QED) is 0.751. The van der Waals surface area contributed by atoms with Gasteiger partial charge in [0.25, 0.3) is 0 Å². The van der Waals surface area contributed by atoms with Gasteiger partial charge in [0.05, 0.1) is 10.1 Å². The Morgan fingerprint density at radius 3 is 2.04 bits per heavy atom. The molecular weight excluding hydrogens is 388 g/mol. The summed E-state index contributed by atoms with van der Waals surface area (Å²) in [5.41, 5.74) is 2.43. The fraction of sp³-hybridized carbons (Fsp3) is 0.529. The molecule has 1 aromatic heterocycles. The fourth-order valence-corrected chi connectivity index (χ4v) is 7.39. The monoisotopic (exact) mass is 412 g/mol. The summed E-state index contributed by atoms with van der Waals surface area (Å²) in [6, 6.07) is 3.70. The highest BCUT2D eigenvalue weighted by molar-refractivity contribution is 7.92. The summed E-state index contributed by atoms with van der Waals surface area (Å²) in [6.45, 7) is 5.84. The molecule has 1 fully saturated rings. The summed E-state index contributed by atoms with van der Waals surface area (Å²) in [7, 11) is -5.72. The van der Waals surface area contributed by atoms with Gasteiger partial charge >= 0.3 is 0 Å². The van der Waals surface area contributed by atoms with E-state index in [-0.39, 0.29) is 31.1 Å². The summed E-state index contributed by atoms with van der Waals surface area (Å²) in [5, 5.41) is 6.60. The summed E-state index contributed by atoms with van der Waals surface area (Å²) in [6.07, 6.45) is 1.81. The molecule has 1 aliphatic heterocycles. The minimum atomic E-state index is -3.67. The second kappa shape index (κ2) is 6.99. The number of hydrogen-bond donors (Lipinski definition) is 0. The Balaban J connectivity index is 1.83. The number of sulfone groups is 1. The molecule has 2 aromatic rings. The normalized spacial score (nSPS) is 17.3. The van der Waals surface area contributed by atoms with Crippen LogP contribution in [0.4, 0.5) is 0 Å². The second-order valence-electron chi connectivity index (χ2n) is 7.10. The Hall–Kier alpha value is -1.78. The second-order valence-corrected chi connectivity index (χ2v) is 11.1. The van der Waals surface area contributed by atoms with Gasteiger partial charge in [-0.15, -0.1) is 10.2 Å². The van der Waals surface area contributed by atoms with Gasteiger partial charge in [0.2, 0.25) is 25.0 Å². The molecule has 0 saturated carbocycles. The maximum atomic E-state index is 13.1. The van der Waals surface area contributed by atoms with E-state index in [0.29, 0.717) is 16.0 Å². The van der Waals surface area contributed by atoms with E-state index in [1.165, 1.54) is 15.2 Å². The van der Waals surface area contributed by atoms with E-state index in [1.807, 2.05) is 19.1 Å². The van der Waals surface area contributed by atoms with Crippen molar-refractivity contribution in [2.45, 2.75) is 48.9 Å². The van der Waals surface area contributed by atoms with Crippen molar-refractivity contribution in [3.05, 3.63) is 35.2 Å². The average Bonchev–Trinajstić information content (AvgIpc) is 3.00. The van der Waals surface area contributed by atoms with Gasteiger partial charge in [-0.05, 0) is 44.7 Å². The first kappa shape index (κ1) is 20.0. The van der Waals surface area contributed by atoms with Gasteiger partial charge in [-0.1, -0.05) is 17.7 Å². The Morgan fingerprint density at radius 2 is 1.56 bits per heavy atom. The van der Waals surface area contributed by atoms with Crippen molar-refractivity contribution < 1.29 is 16.8 Å². The number of aromatic nitrogens is 3. The first-order valence-corrected chi connectivity index (χ1v) is 11.7. The van der Waals surface area contributed by atoms with E-state index in [9.17, 15) is 16.8 Å². The standard InChI is InChI=1S/C17H24N4O4S2/c1-12-9-13(2)16(14(3)10-12)27(24,25)21-7-5-15(6-8-21)26(22,23)17-19-18-11-20(17)4/h9-11,15H,5-8H2,1-4H3. The molecular formula is C17H24N4O4S2. The third-order valence-corrected chi connectivity index (χ3v) is 9.40. The molecule has 2 heterocycles. The first-order valence-electron chi connectivity index (χ1n) is 8.71. The molecule has 0 aliphatic carbocycles. The van der Waals surface area contributed by atoms with Crippen LogP contribution in [0.2, 0.25) is 0 Å². The van der Waals surface area contributed by atoms with Gasteiger partial charge in [0, 0.05) is 20.1 Å². The molecule has 10 heteroatoms. The smallest absolute Gasteiger partial charge is 0.249 e. The Bertz CT molecular complexity index is 1040. The highest BCUT2D eigenvalue weighted by Crippen LogP contribution is 2.30. The van der Waals surface area contributed by atoms with Gasteiger partial charge in [0.1, 0.15) is 6.33 Å². The largest absolute Gasteiger partial charge is 0.308 e. The van der Waals surface area contributed by atoms with E-state index < -0.39 is 25.1 Å². The van der Waals surface area contributed by atoms with Gasteiger partial charge in [0.15, 0.2) is 0 Å². The van der Waals surface area contributed by atoms with Crippen LogP contribution in [0, 0.1) is 20.8 Å². The topological polar surface area (TPSA) is 102 Å². The lowest BCUT2D eigenvalue weighted by molar-refractivity contribution is 0.344. The molecule has 0 N–H and O–H groups in total. The zero-order chi connectivity index (χ0) is 20.0. The molecule has 148 valence electrons. The van der Waals surface area contributed by atoms with Crippen LogP contribution in [-0.2, 0) is 26.9 Å². The molecule has 27 heavy (non-hydrogen) atoms. The summed E-state index contributed by atoms with van der Waals surface area (Å²) in [5.74, 6) is 0. The van der Waals surface area contributed by atoms with Crippen LogP contribution in [0.25, 0.3) is 0 Å². The Morgan fingerprint density at radius 1 is 1.00 bits per heavy atom. The van der Waals surface area contributed by atoms with Crippen molar-refractivity contribution >= 4 is 19.9 Å². The summed E-state index contributed by atoms with van der Waals surface area (Å²) < 4.78 is 54.5. The molecule has 0 amide bonds. The van der Waals surface area contributed by atoms with Crippen molar-refractivity contribution in [2.24, 2.45) is 7.05 Å². The summed E-state index contributed by atoms with van der Waals surface area (Å²) in [4.78, 5) is 0.322. The SMILES string of the molecule is Cc1cc(C)c(S(=O)(=O)N2CCC(S(=O)(=O)c3nncn3C)CC2)c(C)c1. The number of aryl methyl sites for hydroxylation is 4. The number of rotatable bonds is 4. The lowest BCUT2D eigenvalue weighted by Gasteiger charge is -2.31. The van der Waals surface area contributed by atoms with Crippen LogP contribution in [0.1, 0.15) is 29.5 Å². The number of nitrogens with zero attached hydrogens (tertiary/aromatic N) is 4. The van der Waals surface area contributed by atoms with Crippen LogP contribution in [0.15, 0.2) is 28.5 Å². The van der Waals surface area contributed by atoms with E-state index in [1.54, 1.807) is 20.9 Å². The molecule has 3 rings (SSSR count). The van der Waals surface area contributed by atoms with Crippen LogP contribution in [0.3, 0.4) is 0 Å². The third-order valence-electron chi connectivity index (χ3n) is 4.97. The van der Waals surface area contributed by atoms with E-state index in [2.05, 4.69) is 10.2 Å². The van der Waals surface area contributed by atoms with Crippen LogP contribution < -0.4 is 0 Å².